The largest absolute Gasteiger partial charge is 0.496 e. The molecule has 0 fully saturated rings. The van der Waals surface area contributed by atoms with Gasteiger partial charge in [0.2, 0.25) is 0 Å². The van der Waals surface area contributed by atoms with Crippen LogP contribution in [0.25, 0.3) is 0 Å². The maximum absolute atomic E-state index is 6.03. The van der Waals surface area contributed by atoms with Gasteiger partial charge in [-0.05, 0) is 39.3 Å². The molecule has 1 rings (SSSR count). The standard InChI is InChI=1S/C14H23NO2/c1-6-14(3,4)17-12-9-7-8-11(16-5)13(12)10(2)15/h7-10H,6,15H2,1-5H3/t10-/m1/s1. The quantitative estimate of drug-likeness (QED) is 0.854. The molecule has 0 radical (unpaired) electrons. The van der Waals surface area contributed by atoms with Gasteiger partial charge in [-0.2, -0.15) is 0 Å². The van der Waals surface area contributed by atoms with Crippen LogP contribution in [0.5, 0.6) is 11.5 Å². The van der Waals surface area contributed by atoms with E-state index in [1.54, 1.807) is 7.11 Å². The number of hydrogen-bond acceptors (Lipinski definition) is 3. The van der Waals surface area contributed by atoms with E-state index in [4.69, 9.17) is 15.2 Å². The Morgan fingerprint density at radius 1 is 1.29 bits per heavy atom. The molecule has 0 aromatic heterocycles. The van der Waals surface area contributed by atoms with E-state index >= 15 is 0 Å². The third kappa shape index (κ3) is 3.37. The highest BCUT2D eigenvalue weighted by atomic mass is 16.5. The summed E-state index contributed by atoms with van der Waals surface area (Å²) in [7, 11) is 1.65. The van der Waals surface area contributed by atoms with E-state index in [1.165, 1.54) is 0 Å². The molecule has 0 spiro atoms. The Morgan fingerprint density at radius 3 is 2.35 bits per heavy atom. The van der Waals surface area contributed by atoms with Gasteiger partial charge in [0.15, 0.2) is 0 Å². The van der Waals surface area contributed by atoms with Crippen LogP contribution in [0.2, 0.25) is 0 Å². The fourth-order valence-electron chi connectivity index (χ4n) is 1.61. The third-order valence-corrected chi connectivity index (χ3v) is 2.94. The van der Waals surface area contributed by atoms with Crippen molar-refractivity contribution in [3.63, 3.8) is 0 Å². The van der Waals surface area contributed by atoms with Crippen LogP contribution in [0.15, 0.2) is 18.2 Å². The molecule has 0 aliphatic rings. The van der Waals surface area contributed by atoms with Crippen molar-refractivity contribution in [2.75, 3.05) is 7.11 Å². The van der Waals surface area contributed by atoms with Crippen LogP contribution in [0.3, 0.4) is 0 Å². The van der Waals surface area contributed by atoms with Crippen LogP contribution < -0.4 is 15.2 Å². The molecule has 96 valence electrons. The zero-order valence-corrected chi connectivity index (χ0v) is 11.4. The van der Waals surface area contributed by atoms with Crippen LogP contribution in [-0.2, 0) is 0 Å². The highest BCUT2D eigenvalue weighted by Gasteiger charge is 2.21. The van der Waals surface area contributed by atoms with E-state index < -0.39 is 0 Å². The Morgan fingerprint density at radius 2 is 1.88 bits per heavy atom. The Hall–Kier alpha value is -1.22. The molecule has 0 bridgehead atoms. The zero-order chi connectivity index (χ0) is 13.1. The van der Waals surface area contributed by atoms with Gasteiger partial charge in [0.25, 0.3) is 0 Å². The van der Waals surface area contributed by atoms with Gasteiger partial charge in [-0.25, -0.2) is 0 Å². The summed E-state index contributed by atoms with van der Waals surface area (Å²) in [6, 6.07) is 5.66. The molecule has 3 heteroatoms. The summed E-state index contributed by atoms with van der Waals surface area (Å²) in [5.74, 6) is 1.59. The van der Waals surface area contributed by atoms with E-state index in [0.29, 0.717) is 0 Å². The Bertz CT molecular complexity index is 372. The third-order valence-electron chi connectivity index (χ3n) is 2.94. The lowest BCUT2D eigenvalue weighted by Crippen LogP contribution is -2.28. The second-order valence-electron chi connectivity index (χ2n) is 4.88. The van der Waals surface area contributed by atoms with Crippen molar-refractivity contribution in [3.8, 4) is 11.5 Å². The first-order valence-electron chi connectivity index (χ1n) is 6.02. The molecule has 0 amide bonds. The smallest absolute Gasteiger partial charge is 0.128 e. The van der Waals surface area contributed by atoms with Crippen LogP contribution in [0, 0.1) is 0 Å². The maximum atomic E-state index is 6.03. The maximum Gasteiger partial charge on any atom is 0.128 e. The molecule has 1 aromatic carbocycles. The molecule has 1 atom stereocenters. The average molecular weight is 237 g/mol. The normalized spacial score (nSPS) is 13.3. The van der Waals surface area contributed by atoms with Crippen molar-refractivity contribution < 1.29 is 9.47 Å². The Labute approximate surface area is 104 Å². The van der Waals surface area contributed by atoms with Crippen molar-refractivity contribution in [1.82, 2.24) is 0 Å². The van der Waals surface area contributed by atoms with Crippen molar-refractivity contribution in [3.05, 3.63) is 23.8 Å². The lowest BCUT2D eigenvalue weighted by Gasteiger charge is -2.27. The predicted octanol–water partition coefficient (Wildman–Crippen LogP) is 3.28. The van der Waals surface area contributed by atoms with Gasteiger partial charge in [-0.15, -0.1) is 0 Å². The lowest BCUT2D eigenvalue weighted by atomic mass is 10.0. The summed E-state index contributed by atoms with van der Waals surface area (Å²) >= 11 is 0. The summed E-state index contributed by atoms with van der Waals surface area (Å²) in [5.41, 5.74) is 6.72. The molecule has 0 heterocycles. The molecule has 2 N–H and O–H groups in total. The predicted molar refractivity (Wildman–Crippen MR) is 70.6 cm³/mol. The van der Waals surface area contributed by atoms with E-state index in [0.717, 1.165) is 23.5 Å². The summed E-state index contributed by atoms with van der Waals surface area (Å²) < 4.78 is 11.4. The Balaban J connectivity index is 3.15. The minimum atomic E-state index is -0.198. The van der Waals surface area contributed by atoms with Crippen molar-refractivity contribution in [2.24, 2.45) is 5.73 Å². The first kappa shape index (κ1) is 13.8. The minimum Gasteiger partial charge on any atom is -0.496 e. The van der Waals surface area contributed by atoms with Crippen molar-refractivity contribution >= 4 is 0 Å². The van der Waals surface area contributed by atoms with E-state index in [2.05, 4.69) is 20.8 Å². The van der Waals surface area contributed by atoms with Gasteiger partial charge < -0.3 is 15.2 Å². The van der Waals surface area contributed by atoms with Crippen LogP contribution >= 0.6 is 0 Å². The number of ether oxygens (including phenoxy) is 2. The molecule has 3 nitrogen and oxygen atoms in total. The molecule has 0 saturated heterocycles. The number of hydrogen-bond donors (Lipinski definition) is 1. The first-order valence-corrected chi connectivity index (χ1v) is 6.02. The minimum absolute atomic E-state index is 0.117. The number of nitrogens with two attached hydrogens (primary N) is 1. The zero-order valence-electron chi connectivity index (χ0n) is 11.4. The number of benzene rings is 1. The fraction of sp³-hybridized carbons (Fsp3) is 0.571. The molecule has 0 saturated carbocycles. The monoisotopic (exact) mass is 237 g/mol. The first-order chi connectivity index (χ1) is 7.91. The van der Waals surface area contributed by atoms with Crippen molar-refractivity contribution in [1.29, 1.82) is 0 Å². The van der Waals surface area contributed by atoms with Gasteiger partial charge in [-0.3, -0.25) is 0 Å². The second-order valence-corrected chi connectivity index (χ2v) is 4.88. The highest BCUT2D eigenvalue weighted by molar-refractivity contribution is 5.46. The molecular weight excluding hydrogens is 214 g/mol. The van der Waals surface area contributed by atoms with Crippen LogP contribution in [0.4, 0.5) is 0 Å². The summed E-state index contributed by atoms with van der Waals surface area (Å²) in [6.45, 7) is 8.17. The van der Waals surface area contributed by atoms with Gasteiger partial charge in [0.05, 0.1) is 12.7 Å². The second kappa shape index (κ2) is 5.41. The summed E-state index contributed by atoms with van der Waals surface area (Å²) in [4.78, 5) is 0. The topological polar surface area (TPSA) is 44.5 Å². The number of methoxy groups -OCH3 is 1. The van der Waals surface area contributed by atoms with E-state index in [-0.39, 0.29) is 11.6 Å². The van der Waals surface area contributed by atoms with Crippen LogP contribution in [0.1, 0.15) is 45.7 Å². The number of rotatable bonds is 5. The lowest BCUT2D eigenvalue weighted by molar-refractivity contribution is 0.103. The van der Waals surface area contributed by atoms with Gasteiger partial charge >= 0.3 is 0 Å². The summed E-state index contributed by atoms with van der Waals surface area (Å²) in [6.07, 6.45) is 0.933. The van der Waals surface area contributed by atoms with Crippen molar-refractivity contribution in [2.45, 2.75) is 45.8 Å². The van der Waals surface area contributed by atoms with Gasteiger partial charge in [0.1, 0.15) is 17.1 Å². The van der Waals surface area contributed by atoms with Gasteiger partial charge in [-0.1, -0.05) is 13.0 Å². The van der Waals surface area contributed by atoms with Crippen LogP contribution in [-0.4, -0.2) is 12.7 Å². The van der Waals surface area contributed by atoms with E-state index in [1.807, 2.05) is 25.1 Å². The molecule has 17 heavy (non-hydrogen) atoms. The molecule has 0 aliphatic heterocycles. The molecular formula is C14H23NO2. The average Bonchev–Trinajstić information content (AvgIpc) is 2.27. The van der Waals surface area contributed by atoms with Gasteiger partial charge in [0, 0.05) is 6.04 Å². The molecule has 1 aromatic rings. The molecule has 0 aliphatic carbocycles. The fourth-order valence-corrected chi connectivity index (χ4v) is 1.61. The highest BCUT2D eigenvalue weighted by Crippen LogP contribution is 2.35. The van der Waals surface area contributed by atoms with E-state index in [9.17, 15) is 0 Å². The Kier molecular flexibility index (Phi) is 4.40. The molecule has 0 unspecified atom stereocenters. The SMILES string of the molecule is CCC(C)(C)Oc1cccc(OC)c1[C@@H](C)N. The summed E-state index contributed by atoms with van der Waals surface area (Å²) in [5, 5.41) is 0.